The average Bonchev–Trinajstić information content (AvgIpc) is 2.22. The molecule has 0 aromatic rings. The van der Waals surface area contributed by atoms with Crippen molar-refractivity contribution in [2.45, 2.75) is 6.42 Å². The van der Waals surface area contributed by atoms with Gasteiger partial charge in [-0.3, -0.25) is 4.57 Å². The van der Waals surface area contributed by atoms with Gasteiger partial charge in [-0.25, -0.2) is 4.67 Å². The Morgan fingerprint density at radius 3 is 2.40 bits per heavy atom. The van der Waals surface area contributed by atoms with Gasteiger partial charge in [0.25, 0.3) is 0 Å². The second-order valence-electron chi connectivity index (χ2n) is 3.07. The van der Waals surface area contributed by atoms with Crippen LogP contribution in [0.2, 0.25) is 0 Å². The molecule has 4 nitrogen and oxygen atoms in total. The number of nitrogens with zero attached hydrogens (tertiary/aromatic N) is 2. The molecule has 1 aliphatic heterocycles. The van der Waals surface area contributed by atoms with Crippen LogP contribution in [0.5, 0.6) is 0 Å². The Bertz CT molecular complexity index is 238. The number of alkyl halides is 2. The van der Waals surface area contributed by atoms with E-state index in [1.807, 2.05) is 0 Å². The molecule has 0 N–H and O–H groups in total. The first-order chi connectivity index (χ1) is 7.15. The van der Waals surface area contributed by atoms with Crippen LogP contribution in [0.25, 0.3) is 0 Å². The number of hydrogen-bond donors (Lipinski definition) is 0. The molecule has 1 heterocycles. The van der Waals surface area contributed by atoms with Gasteiger partial charge >= 0.3 is 7.67 Å². The lowest BCUT2D eigenvalue weighted by molar-refractivity contribution is 0.203. The van der Waals surface area contributed by atoms with Crippen molar-refractivity contribution >= 4 is 42.6 Å². The molecule has 15 heavy (non-hydrogen) atoms. The summed E-state index contributed by atoms with van der Waals surface area (Å²) in [5.41, 5.74) is 0. The van der Waals surface area contributed by atoms with Gasteiger partial charge in [-0.05, 0) is 18.2 Å². The molecule has 1 aliphatic rings. The SMILES string of the molecule is O=P1(N(CCCl)CCCl)OCCCN1Cl. The van der Waals surface area contributed by atoms with Crippen molar-refractivity contribution in [2.75, 3.05) is 38.0 Å². The van der Waals surface area contributed by atoms with E-state index in [9.17, 15) is 4.57 Å². The lowest BCUT2D eigenvalue weighted by Gasteiger charge is -2.36. The van der Waals surface area contributed by atoms with Crippen molar-refractivity contribution in [2.24, 2.45) is 0 Å². The van der Waals surface area contributed by atoms with Gasteiger partial charge in [-0.15, -0.1) is 27.4 Å². The van der Waals surface area contributed by atoms with E-state index in [-0.39, 0.29) is 0 Å². The van der Waals surface area contributed by atoms with Crippen molar-refractivity contribution < 1.29 is 9.09 Å². The first kappa shape index (κ1) is 14.0. The van der Waals surface area contributed by atoms with Gasteiger partial charge < -0.3 is 4.52 Å². The molecule has 0 saturated carbocycles. The summed E-state index contributed by atoms with van der Waals surface area (Å²) in [6, 6.07) is 0. The summed E-state index contributed by atoms with van der Waals surface area (Å²) in [6.45, 7) is 1.92. The highest BCUT2D eigenvalue weighted by Crippen LogP contribution is 2.57. The van der Waals surface area contributed by atoms with Gasteiger partial charge in [0.15, 0.2) is 0 Å². The van der Waals surface area contributed by atoms with E-state index < -0.39 is 7.67 Å². The highest BCUT2D eigenvalue weighted by atomic mass is 35.5. The van der Waals surface area contributed by atoms with Crippen molar-refractivity contribution in [3.8, 4) is 0 Å². The minimum absolute atomic E-state index is 0.370. The van der Waals surface area contributed by atoms with Crippen LogP contribution in [0, 0.1) is 0 Å². The quantitative estimate of drug-likeness (QED) is 0.443. The fourth-order valence-corrected chi connectivity index (χ4v) is 4.56. The summed E-state index contributed by atoms with van der Waals surface area (Å²) in [5.74, 6) is 0.740. The summed E-state index contributed by atoms with van der Waals surface area (Å²) < 4.78 is 20.6. The maximum absolute atomic E-state index is 12.4. The molecule has 8 heteroatoms. The predicted molar refractivity (Wildman–Crippen MR) is 63.7 cm³/mol. The Balaban J connectivity index is 2.73. The molecule has 0 radical (unpaired) electrons. The first-order valence-electron chi connectivity index (χ1n) is 4.71. The van der Waals surface area contributed by atoms with E-state index in [2.05, 4.69) is 0 Å². The number of rotatable bonds is 5. The maximum atomic E-state index is 12.4. The lowest BCUT2D eigenvalue weighted by Crippen LogP contribution is -2.34. The van der Waals surface area contributed by atoms with Crippen LogP contribution in [0.4, 0.5) is 0 Å². The summed E-state index contributed by atoms with van der Waals surface area (Å²) in [4.78, 5) is 0. The zero-order chi connectivity index (χ0) is 11.3. The molecule has 1 unspecified atom stereocenters. The molecule has 90 valence electrons. The van der Waals surface area contributed by atoms with Crippen LogP contribution in [-0.4, -0.2) is 46.9 Å². The molecule has 0 spiro atoms. The van der Waals surface area contributed by atoms with E-state index in [0.717, 1.165) is 6.42 Å². The lowest BCUT2D eigenvalue weighted by atomic mass is 10.5. The number of hydrogen-bond acceptors (Lipinski definition) is 2. The summed E-state index contributed by atoms with van der Waals surface area (Å²) >= 11 is 17.2. The fraction of sp³-hybridized carbons (Fsp3) is 1.00. The molecule has 1 rings (SSSR count). The monoisotopic (exact) mass is 294 g/mol. The van der Waals surface area contributed by atoms with Gasteiger partial charge in [0, 0.05) is 31.4 Å². The normalized spacial score (nSPS) is 28.5. The van der Waals surface area contributed by atoms with Gasteiger partial charge in [0.2, 0.25) is 0 Å². The van der Waals surface area contributed by atoms with Crippen molar-refractivity contribution in [3.63, 3.8) is 0 Å². The van der Waals surface area contributed by atoms with E-state index in [1.165, 1.54) is 4.19 Å². The Kier molecular flexibility index (Phi) is 6.23. The van der Waals surface area contributed by atoms with Gasteiger partial charge in [0.05, 0.1) is 6.61 Å². The van der Waals surface area contributed by atoms with E-state index in [1.54, 1.807) is 4.67 Å². The Morgan fingerprint density at radius 1 is 1.33 bits per heavy atom. The molecular weight excluding hydrogens is 281 g/mol. The third-order valence-corrected chi connectivity index (χ3v) is 5.53. The average molecular weight is 296 g/mol. The van der Waals surface area contributed by atoms with Crippen molar-refractivity contribution in [1.29, 1.82) is 0 Å². The molecule has 1 atom stereocenters. The van der Waals surface area contributed by atoms with Crippen LogP contribution in [-0.2, 0) is 9.09 Å². The zero-order valence-electron chi connectivity index (χ0n) is 8.24. The molecule has 0 aliphatic carbocycles. The van der Waals surface area contributed by atoms with Crippen LogP contribution in [0.3, 0.4) is 0 Å². The summed E-state index contributed by atoms with van der Waals surface area (Å²) in [5, 5.41) is 0. The second kappa shape index (κ2) is 6.65. The number of halogens is 3. The molecule has 1 saturated heterocycles. The van der Waals surface area contributed by atoms with Gasteiger partial charge in [-0.2, -0.15) is 0 Å². The molecule has 1 fully saturated rings. The third kappa shape index (κ3) is 3.47. The fourth-order valence-electron chi connectivity index (χ4n) is 1.35. The van der Waals surface area contributed by atoms with Gasteiger partial charge in [-0.1, -0.05) is 0 Å². The first-order valence-corrected chi connectivity index (χ1v) is 7.64. The van der Waals surface area contributed by atoms with Crippen LogP contribution >= 0.6 is 42.6 Å². The largest absolute Gasteiger partial charge is 0.359 e. The Hall–Kier alpha value is 0.980. The smallest absolute Gasteiger partial charge is 0.305 e. The van der Waals surface area contributed by atoms with E-state index in [4.69, 9.17) is 39.5 Å². The third-order valence-electron chi connectivity index (χ3n) is 2.06. The van der Waals surface area contributed by atoms with E-state index in [0.29, 0.717) is 38.0 Å². The predicted octanol–water partition coefficient (Wildman–Crippen LogP) is 2.75. The highest BCUT2D eigenvalue weighted by Gasteiger charge is 2.39. The minimum Gasteiger partial charge on any atom is -0.305 e. The van der Waals surface area contributed by atoms with Gasteiger partial charge in [0.1, 0.15) is 0 Å². The maximum Gasteiger partial charge on any atom is 0.359 e. The minimum atomic E-state index is -3.08. The summed E-state index contributed by atoms with van der Waals surface area (Å²) in [6.07, 6.45) is 0.781. The topological polar surface area (TPSA) is 32.8 Å². The molecule has 0 aromatic carbocycles. The molecule has 0 bridgehead atoms. The molecule has 0 amide bonds. The van der Waals surface area contributed by atoms with Crippen LogP contribution in [0.15, 0.2) is 0 Å². The molecular formula is C7H14Cl3N2O2P. The highest BCUT2D eigenvalue weighted by molar-refractivity contribution is 7.55. The Labute approximate surface area is 105 Å². The standard InChI is InChI=1S/C7H14Cl3N2O2P/c8-2-5-11(6-3-9)15(13)12(10)4-1-7-14-15/h1-7H2. The van der Waals surface area contributed by atoms with Crippen molar-refractivity contribution in [1.82, 2.24) is 8.86 Å². The van der Waals surface area contributed by atoms with Crippen molar-refractivity contribution in [3.05, 3.63) is 0 Å². The zero-order valence-corrected chi connectivity index (χ0v) is 11.4. The Morgan fingerprint density at radius 2 is 1.93 bits per heavy atom. The van der Waals surface area contributed by atoms with Crippen LogP contribution < -0.4 is 0 Å². The van der Waals surface area contributed by atoms with Crippen LogP contribution in [0.1, 0.15) is 6.42 Å². The van der Waals surface area contributed by atoms with E-state index >= 15 is 0 Å². The summed E-state index contributed by atoms with van der Waals surface area (Å²) in [7, 11) is -3.08. The molecule has 0 aromatic heterocycles. The second-order valence-corrected chi connectivity index (χ2v) is 6.76.